The van der Waals surface area contributed by atoms with E-state index in [2.05, 4.69) is 0 Å². The summed E-state index contributed by atoms with van der Waals surface area (Å²) in [6, 6.07) is 0. The lowest BCUT2D eigenvalue weighted by Gasteiger charge is -2.13. The van der Waals surface area contributed by atoms with Gasteiger partial charge in [-0.3, -0.25) is 4.79 Å². The van der Waals surface area contributed by atoms with E-state index in [9.17, 15) is 9.59 Å². The number of hydrogen-bond acceptors (Lipinski definition) is 5. The molecule has 0 aromatic rings. The van der Waals surface area contributed by atoms with E-state index >= 15 is 0 Å². The van der Waals surface area contributed by atoms with Crippen molar-refractivity contribution >= 4 is 11.9 Å². The van der Waals surface area contributed by atoms with Gasteiger partial charge < -0.3 is 14.2 Å². The number of unbranched alkanes of at least 4 members (excludes halogenated alkanes) is 1. The Hall–Kier alpha value is -1.36. The first-order chi connectivity index (χ1) is 8.70. The van der Waals surface area contributed by atoms with Crippen molar-refractivity contribution < 1.29 is 23.8 Å². The van der Waals surface area contributed by atoms with E-state index in [1.807, 2.05) is 19.1 Å². The summed E-state index contributed by atoms with van der Waals surface area (Å²) < 4.78 is 15.3. The van der Waals surface area contributed by atoms with E-state index in [1.54, 1.807) is 0 Å². The van der Waals surface area contributed by atoms with Crippen LogP contribution in [0.1, 0.15) is 26.2 Å². The third-order valence-electron chi connectivity index (χ3n) is 3.13. The lowest BCUT2D eigenvalue weighted by molar-refractivity contribution is -0.162. The normalized spacial score (nSPS) is 28.4. The summed E-state index contributed by atoms with van der Waals surface area (Å²) in [5.74, 6) is -1.14. The van der Waals surface area contributed by atoms with Gasteiger partial charge in [-0.25, -0.2) is 4.79 Å². The Bertz CT molecular complexity index is 349. The molecule has 0 saturated carbocycles. The largest absolute Gasteiger partial charge is 0.463 e. The molecule has 2 rings (SSSR count). The maximum Gasteiger partial charge on any atom is 0.344 e. The summed E-state index contributed by atoms with van der Waals surface area (Å²) in [6.45, 7) is 2.09. The van der Waals surface area contributed by atoms with Crippen molar-refractivity contribution in [3.63, 3.8) is 0 Å². The molecule has 2 heterocycles. The van der Waals surface area contributed by atoms with Crippen molar-refractivity contribution in [2.45, 2.75) is 38.4 Å². The predicted octanol–water partition coefficient (Wildman–Crippen LogP) is 1.22. The van der Waals surface area contributed by atoms with E-state index in [4.69, 9.17) is 14.2 Å². The third-order valence-corrected chi connectivity index (χ3v) is 3.13. The summed E-state index contributed by atoms with van der Waals surface area (Å²) in [5.41, 5.74) is 0. The Labute approximate surface area is 106 Å². The van der Waals surface area contributed by atoms with Gasteiger partial charge in [-0.1, -0.05) is 25.5 Å². The molecule has 0 N–H and O–H groups in total. The number of hydrogen-bond donors (Lipinski definition) is 0. The van der Waals surface area contributed by atoms with Crippen LogP contribution >= 0.6 is 0 Å². The lowest BCUT2D eigenvalue weighted by Crippen LogP contribution is -2.27. The van der Waals surface area contributed by atoms with Gasteiger partial charge in [0, 0.05) is 0 Å². The fourth-order valence-corrected chi connectivity index (χ4v) is 2.11. The van der Waals surface area contributed by atoms with Crippen LogP contribution in [0.4, 0.5) is 0 Å². The molecule has 100 valence electrons. The Morgan fingerprint density at radius 1 is 1.33 bits per heavy atom. The summed E-state index contributed by atoms with van der Waals surface area (Å²) in [7, 11) is 0. The van der Waals surface area contributed by atoms with Gasteiger partial charge in [0.1, 0.15) is 0 Å². The molecule has 0 aromatic heterocycles. The number of carbonyl (C=O) groups is 2. The highest BCUT2D eigenvalue weighted by Gasteiger charge is 2.42. The Kier molecular flexibility index (Phi) is 4.36. The molecule has 0 aliphatic carbocycles. The summed E-state index contributed by atoms with van der Waals surface area (Å²) in [6.07, 6.45) is 6.10. The summed E-state index contributed by atoms with van der Waals surface area (Å²) in [5, 5.41) is 0. The summed E-state index contributed by atoms with van der Waals surface area (Å²) in [4.78, 5) is 23.0. The Morgan fingerprint density at radius 3 is 2.78 bits per heavy atom. The van der Waals surface area contributed by atoms with Crippen molar-refractivity contribution in [2.75, 3.05) is 13.2 Å². The second kappa shape index (κ2) is 6.00. The number of carbonyl (C=O) groups excluding carboxylic acids is 2. The van der Waals surface area contributed by atoms with Crippen molar-refractivity contribution in [1.29, 1.82) is 0 Å². The van der Waals surface area contributed by atoms with Crippen LogP contribution in [-0.4, -0.2) is 37.4 Å². The van der Waals surface area contributed by atoms with Crippen LogP contribution in [0.2, 0.25) is 0 Å². The van der Waals surface area contributed by atoms with E-state index in [0.29, 0.717) is 13.0 Å². The number of esters is 2. The molecule has 0 spiro atoms. The zero-order chi connectivity index (χ0) is 13.0. The first-order valence-corrected chi connectivity index (χ1v) is 6.36. The molecule has 2 aliphatic rings. The standard InChI is InChI=1S/C13H18O5/c1-2-3-6-16-12(14)8-17-13(15)10-7-9-4-5-11(10)18-9/h4-5,9-11H,2-3,6-8H2,1H3. The highest BCUT2D eigenvalue weighted by atomic mass is 16.6. The molecule has 0 amide bonds. The van der Waals surface area contributed by atoms with Gasteiger partial charge in [-0.05, 0) is 12.8 Å². The molecule has 1 fully saturated rings. The maximum atomic E-state index is 11.7. The molecule has 2 aliphatic heterocycles. The van der Waals surface area contributed by atoms with Crippen molar-refractivity contribution in [3.8, 4) is 0 Å². The van der Waals surface area contributed by atoms with Gasteiger partial charge >= 0.3 is 11.9 Å². The van der Waals surface area contributed by atoms with Crippen molar-refractivity contribution in [2.24, 2.45) is 5.92 Å². The zero-order valence-corrected chi connectivity index (χ0v) is 10.5. The van der Waals surface area contributed by atoms with Gasteiger partial charge in [0.25, 0.3) is 0 Å². The smallest absolute Gasteiger partial charge is 0.344 e. The number of rotatable bonds is 6. The second-order valence-electron chi connectivity index (χ2n) is 4.55. The SMILES string of the molecule is CCCCOC(=O)COC(=O)C1CC2C=CC1O2. The molecule has 18 heavy (non-hydrogen) atoms. The topological polar surface area (TPSA) is 61.8 Å². The molecular weight excluding hydrogens is 236 g/mol. The molecule has 2 bridgehead atoms. The molecule has 0 aromatic carbocycles. The van der Waals surface area contributed by atoms with Crippen molar-refractivity contribution in [3.05, 3.63) is 12.2 Å². The fraction of sp³-hybridized carbons (Fsp3) is 0.692. The van der Waals surface area contributed by atoms with E-state index in [-0.39, 0.29) is 30.7 Å². The minimum atomic E-state index is -0.489. The van der Waals surface area contributed by atoms with E-state index < -0.39 is 5.97 Å². The average Bonchev–Trinajstić information content (AvgIpc) is 2.98. The van der Waals surface area contributed by atoms with Gasteiger partial charge in [-0.15, -0.1) is 0 Å². The predicted molar refractivity (Wildman–Crippen MR) is 62.7 cm³/mol. The highest BCUT2D eigenvalue weighted by Crippen LogP contribution is 2.34. The van der Waals surface area contributed by atoms with Crippen LogP contribution in [0, 0.1) is 5.92 Å². The minimum Gasteiger partial charge on any atom is -0.463 e. The van der Waals surface area contributed by atoms with Crippen LogP contribution in [-0.2, 0) is 23.8 Å². The Balaban J connectivity index is 1.66. The molecular formula is C13H18O5. The average molecular weight is 254 g/mol. The maximum absolute atomic E-state index is 11.7. The van der Waals surface area contributed by atoms with Crippen LogP contribution in [0.25, 0.3) is 0 Å². The van der Waals surface area contributed by atoms with Crippen molar-refractivity contribution in [1.82, 2.24) is 0 Å². The highest BCUT2D eigenvalue weighted by molar-refractivity contribution is 5.78. The first kappa shape index (κ1) is 13.1. The number of ether oxygens (including phenoxy) is 3. The van der Waals surface area contributed by atoms with E-state index in [0.717, 1.165) is 12.8 Å². The first-order valence-electron chi connectivity index (χ1n) is 6.36. The van der Waals surface area contributed by atoms with Gasteiger partial charge in [-0.2, -0.15) is 0 Å². The second-order valence-corrected chi connectivity index (χ2v) is 4.55. The third kappa shape index (κ3) is 3.10. The Morgan fingerprint density at radius 2 is 2.17 bits per heavy atom. The summed E-state index contributed by atoms with van der Waals surface area (Å²) >= 11 is 0. The van der Waals surface area contributed by atoms with Crippen LogP contribution in [0.5, 0.6) is 0 Å². The van der Waals surface area contributed by atoms with Crippen LogP contribution in [0.3, 0.4) is 0 Å². The molecule has 3 atom stereocenters. The molecule has 0 radical (unpaired) electrons. The lowest BCUT2D eigenvalue weighted by atomic mass is 9.95. The number of fused-ring (bicyclic) bond motifs is 2. The monoisotopic (exact) mass is 254 g/mol. The van der Waals surface area contributed by atoms with E-state index in [1.165, 1.54) is 0 Å². The molecule has 3 unspecified atom stereocenters. The van der Waals surface area contributed by atoms with Gasteiger partial charge in [0.2, 0.25) is 0 Å². The van der Waals surface area contributed by atoms with Gasteiger partial charge in [0.15, 0.2) is 6.61 Å². The van der Waals surface area contributed by atoms with Crippen LogP contribution < -0.4 is 0 Å². The zero-order valence-electron chi connectivity index (χ0n) is 10.5. The quantitative estimate of drug-likeness (QED) is 0.405. The fourth-order valence-electron chi connectivity index (χ4n) is 2.11. The van der Waals surface area contributed by atoms with Gasteiger partial charge in [0.05, 0.1) is 24.7 Å². The molecule has 5 nitrogen and oxygen atoms in total. The molecule has 1 saturated heterocycles. The molecule has 5 heteroatoms. The van der Waals surface area contributed by atoms with Crippen LogP contribution in [0.15, 0.2) is 12.2 Å². The minimum absolute atomic E-state index is 0.0315.